The van der Waals surface area contributed by atoms with E-state index in [0.29, 0.717) is 12.4 Å². The first-order valence-electron chi connectivity index (χ1n) is 10.6. The van der Waals surface area contributed by atoms with Crippen LogP contribution in [-0.2, 0) is 6.54 Å². The smallest absolute Gasteiger partial charge is 0.191 e. The molecule has 1 unspecified atom stereocenters. The standard InChI is InChI=1S/C23H29N7O2.HI/c1-24-23(26-17-12-13-30(15-17)19-6-4-5-7-20(19)32-3)25-14-21-27-22(29-28-21)16-8-10-18(31-2)11-9-16;/h4-11,17H,12-15H2,1-3H3,(H2,24,25,26)(H,27,28,29);1H. The lowest BCUT2D eigenvalue weighted by atomic mass is 10.2. The van der Waals surface area contributed by atoms with Gasteiger partial charge in [0.1, 0.15) is 17.3 Å². The number of ether oxygens (including phenoxy) is 2. The van der Waals surface area contributed by atoms with Crippen molar-refractivity contribution in [3.63, 3.8) is 0 Å². The maximum Gasteiger partial charge on any atom is 0.191 e. The molecule has 1 atom stereocenters. The Morgan fingerprint density at radius 1 is 1.15 bits per heavy atom. The molecule has 0 saturated carbocycles. The van der Waals surface area contributed by atoms with Crippen LogP contribution in [0.5, 0.6) is 11.5 Å². The number of halogens is 1. The molecule has 1 aromatic heterocycles. The van der Waals surface area contributed by atoms with Gasteiger partial charge in [0.05, 0.1) is 26.5 Å². The van der Waals surface area contributed by atoms with Crippen LogP contribution in [0.1, 0.15) is 12.2 Å². The summed E-state index contributed by atoms with van der Waals surface area (Å²) in [6.07, 6.45) is 1.02. The molecule has 1 aliphatic rings. The van der Waals surface area contributed by atoms with Crippen LogP contribution in [0.2, 0.25) is 0 Å². The molecule has 0 radical (unpaired) electrons. The van der Waals surface area contributed by atoms with Gasteiger partial charge in [-0.1, -0.05) is 12.1 Å². The van der Waals surface area contributed by atoms with E-state index in [0.717, 1.165) is 54.0 Å². The van der Waals surface area contributed by atoms with Crippen molar-refractivity contribution in [1.82, 2.24) is 25.8 Å². The van der Waals surface area contributed by atoms with Gasteiger partial charge in [-0.2, -0.15) is 5.10 Å². The monoisotopic (exact) mass is 563 g/mol. The van der Waals surface area contributed by atoms with Crippen LogP contribution in [0.3, 0.4) is 0 Å². The largest absolute Gasteiger partial charge is 0.497 e. The number of aromatic nitrogens is 3. The Morgan fingerprint density at radius 3 is 2.67 bits per heavy atom. The molecule has 0 amide bonds. The molecule has 9 nitrogen and oxygen atoms in total. The molecule has 1 aliphatic heterocycles. The highest BCUT2D eigenvalue weighted by atomic mass is 127. The van der Waals surface area contributed by atoms with Crippen LogP contribution in [0, 0.1) is 0 Å². The number of nitrogens with one attached hydrogen (secondary N) is 3. The van der Waals surface area contributed by atoms with Crippen molar-refractivity contribution < 1.29 is 9.47 Å². The zero-order chi connectivity index (χ0) is 22.3. The molecule has 3 N–H and O–H groups in total. The van der Waals surface area contributed by atoms with Gasteiger partial charge in [0.15, 0.2) is 11.8 Å². The van der Waals surface area contributed by atoms with Gasteiger partial charge in [-0.25, -0.2) is 4.98 Å². The van der Waals surface area contributed by atoms with Gasteiger partial charge in [0.2, 0.25) is 0 Å². The molecule has 4 rings (SSSR count). The third-order valence-electron chi connectivity index (χ3n) is 5.48. The first kappa shape index (κ1) is 24.6. The van der Waals surface area contributed by atoms with Crippen LogP contribution in [-0.4, -0.2) is 61.5 Å². The van der Waals surface area contributed by atoms with Crippen LogP contribution in [0.25, 0.3) is 11.4 Å². The summed E-state index contributed by atoms with van der Waals surface area (Å²) in [5, 5.41) is 14.1. The molecule has 3 aromatic rings. The number of methoxy groups -OCH3 is 2. The maximum absolute atomic E-state index is 5.51. The summed E-state index contributed by atoms with van der Waals surface area (Å²) in [6, 6.07) is 16.1. The number of aromatic amines is 1. The van der Waals surface area contributed by atoms with Crippen molar-refractivity contribution in [2.75, 3.05) is 39.3 Å². The van der Waals surface area contributed by atoms with Gasteiger partial charge in [-0.15, -0.1) is 24.0 Å². The fourth-order valence-electron chi connectivity index (χ4n) is 3.79. The average Bonchev–Trinajstić information content (AvgIpc) is 3.51. The highest BCUT2D eigenvalue weighted by molar-refractivity contribution is 14.0. The molecule has 2 aromatic carbocycles. The fourth-order valence-corrected chi connectivity index (χ4v) is 3.79. The first-order valence-corrected chi connectivity index (χ1v) is 10.6. The van der Waals surface area contributed by atoms with Crippen molar-refractivity contribution in [3.8, 4) is 22.9 Å². The zero-order valence-electron chi connectivity index (χ0n) is 19.0. The lowest BCUT2D eigenvalue weighted by Gasteiger charge is -2.22. The highest BCUT2D eigenvalue weighted by Gasteiger charge is 2.25. The molecule has 176 valence electrons. The number of nitrogens with zero attached hydrogens (tertiary/aromatic N) is 4. The molecule has 1 saturated heterocycles. The maximum atomic E-state index is 5.51. The Kier molecular flexibility index (Phi) is 8.75. The van der Waals surface area contributed by atoms with Crippen molar-refractivity contribution >= 4 is 35.6 Å². The van der Waals surface area contributed by atoms with Gasteiger partial charge in [-0.3, -0.25) is 10.1 Å². The number of hydrogen-bond donors (Lipinski definition) is 3. The average molecular weight is 563 g/mol. The Bertz CT molecular complexity index is 1050. The number of benzene rings is 2. The summed E-state index contributed by atoms with van der Waals surface area (Å²) in [5.41, 5.74) is 2.05. The summed E-state index contributed by atoms with van der Waals surface area (Å²) < 4.78 is 10.7. The van der Waals surface area contributed by atoms with Crippen molar-refractivity contribution in [3.05, 3.63) is 54.4 Å². The third kappa shape index (κ3) is 6.06. The Balaban J connectivity index is 0.00000306. The minimum atomic E-state index is 0. The number of para-hydroxylation sites is 2. The predicted molar refractivity (Wildman–Crippen MR) is 141 cm³/mol. The summed E-state index contributed by atoms with van der Waals surface area (Å²) >= 11 is 0. The lowest BCUT2D eigenvalue weighted by Crippen LogP contribution is -2.44. The van der Waals surface area contributed by atoms with E-state index < -0.39 is 0 Å². The third-order valence-corrected chi connectivity index (χ3v) is 5.48. The molecular weight excluding hydrogens is 533 g/mol. The van der Waals surface area contributed by atoms with E-state index in [9.17, 15) is 0 Å². The van der Waals surface area contributed by atoms with Gasteiger partial charge >= 0.3 is 0 Å². The number of H-pyrrole nitrogens is 1. The van der Waals surface area contributed by atoms with Gasteiger partial charge in [-0.05, 0) is 42.8 Å². The Labute approximate surface area is 211 Å². The number of rotatable bonds is 7. The summed E-state index contributed by atoms with van der Waals surface area (Å²) in [7, 11) is 5.12. The highest BCUT2D eigenvalue weighted by Crippen LogP contribution is 2.30. The second-order valence-corrected chi connectivity index (χ2v) is 7.51. The normalized spacial score (nSPS) is 15.7. The molecule has 2 heterocycles. The lowest BCUT2D eigenvalue weighted by molar-refractivity contribution is 0.414. The molecule has 0 spiro atoms. The fraction of sp³-hybridized carbons (Fsp3) is 0.348. The van der Waals surface area contributed by atoms with E-state index >= 15 is 0 Å². The SMILES string of the molecule is CN=C(NCc1nc(-c2ccc(OC)cc2)n[nH]1)NC1CCN(c2ccccc2OC)C1.I. The summed E-state index contributed by atoms with van der Waals surface area (Å²) in [4.78, 5) is 11.3. The van der Waals surface area contributed by atoms with Crippen molar-refractivity contribution in [1.29, 1.82) is 0 Å². The summed E-state index contributed by atoms with van der Waals surface area (Å²) in [5.74, 6) is 3.82. The predicted octanol–water partition coefficient (Wildman–Crippen LogP) is 3.05. The number of guanidine groups is 1. The quantitative estimate of drug-likeness (QED) is 0.231. The van der Waals surface area contributed by atoms with Gasteiger partial charge in [0.25, 0.3) is 0 Å². The Morgan fingerprint density at radius 2 is 1.94 bits per heavy atom. The minimum Gasteiger partial charge on any atom is -0.497 e. The number of aliphatic imine (C=N–C) groups is 1. The number of hydrogen-bond acceptors (Lipinski definition) is 6. The van der Waals surface area contributed by atoms with Crippen LogP contribution < -0.4 is 25.0 Å². The van der Waals surface area contributed by atoms with E-state index in [2.05, 4.69) is 41.8 Å². The van der Waals surface area contributed by atoms with E-state index in [1.54, 1.807) is 21.3 Å². The van der Waals surface area contributed by atoms with E-state index in [1.807, 2.05) is 42.5 Å². The Hall–Kier alpha value is -3.02. The molecule has 10 heteroatoms. The van der Waals surface area contributed by atoms with E-state index in [-0.39, 0.29) is 30.0 Å². The van der Waals surface area contributed by atoms with Crippen LogP contribution in [0.15, 0.2) is 53.5 Å². The molecule has 0 aliphatic carbocycles. The molecule has 0 bridgehead atoms. The minimum absolute atomic E-state index is 0. The van der Waals surface area contributed by atoms with Gasteiger partial charge in [0, 0.05) is 31.7 Å². The van der Waals surface area contributed by atoms with Crippen LogP contribution in [0.4, 0.5) is 5.69 Å². The second-order valence-electron chi connectivity index (χ2n) is 7.51. The van der Waals surface area contributed by atoms with Crippen molar-refractivity contribution in [2.24, 2.45) is 4.99 Å². The molecular formula is C23H30IN7O2. The molecule has 1 fully saturated rings. The topological polar surface area (TPSA) is 99.7 Å². The van der Waals surface area contributed by atoms with Crippen molar-refractivity contribution in [2.45, 2.75) is 19.0 Å². The first-order chi connectivity index (χ1) is 15.7. The van der Waals surface area contributed by atoms with E-state index in [4.69, 9.17) is 9.47 Å². The zero-order valence-corrected chi connectivity index (χ0v) is 21.4. The van der Waals surface area contributed by atoms with Crippen LogP contribution >= 0.6 is 24.0 Å². The second kappa shape index (κ2) is 11.7. The number of anilines is 1. The molecule has 33 heavy (non-hydrogen) atoms. The van der Waals surface area contributed by atoms with E-state index in [1.165, 1.54) is 0 Å². The summed E-state index contributed by atoms with van der Waals surface area (Å²) in [6.45, 7) is 2.33. The van der Waals surface area contributed by atoms with Gasteiger partial charge < -0.3 is 25.0 Å².